The molecular formula is C10H11BrF2N2O2. The number of carbonyl (C=O) groups excluding carboxylic acids is 1. The molecule has 0 unspecified atom stereocenters. The summed E-state index contributed by atoms with van der Waals surface area (Å²) >= 11 is 3.17. The molecule has 0 aliphatic carbocycles. The first-order chi connectivity index (χ1) is 8.09. The van der Waals surface area contributed by atoms with Crippen molar-refractivity contribution in [2.24, 2.45) is 0 Å². The number of hydrogen-bond donors (Lipinski definition) is 1. The first-order valence-electron chi connectivity index (χ1n) is 4.86. The zero-order valence-corrected chi connectivity index (χ0v) is 10.4. The van der Waals surface area contributed by atoms with Crippen LogP contribution >= 0.6 is 15.9 Å². The van der Waals surface area contributed by atoms with E-state index in [0.29, 0.717) is 10.3 Å². The smallest absolute Gasteiger partial charge is 0.261 e. The van der Waals surface area contributed by atoms with E-state index in [0.717, 1.165) is 0 Å². The summed E-state index contributed by atoms with van der Waals surface area (Å²) in [6, 6.07) is 3.35. The maximum atomic E-state index is 11.7. The van der Waals surface area contributed by atoms with Gasteiger partial charge in [-0.15, -0.1) is 0 Å². The lowest BCUT2D eigenvalue weighted by Crippen LogP contribution is -2.16. The molecule has 0 saturated heterocycles. The van der Waals surface area contributed by atoms with E-state index in [2.05, 4.69) is 31.0 Å². The number of nitrogens with zero attached hydrogens (tertiary/aromatic N) is 1. The Morgan fingerprint density at radius 3 is 3.00 bits per heavy atom. The minimum absolute atomic E-state index is 0.0219. The maximum Gasteiger partial charge on any atom is 0.261 e. The minimum Gasteiger partial charge on any atom is -0.375 e. The molecule has 0 fully saturated rings. The largest absolute Gasteiger partial charge is 0.375 e. The zero-order valence-electron chi connectivity index (χ0n) is 8.83. The van der Waals surface area contributed by atoms with E-state index >= 15 is 0 Å². The second-order valence-corrected chi connectivity index (χ2v) is 3.86. The summed E-state index contributed by atoms with van der Waals surface area (Å²) < 4.78 is 28.5. The van der Waals surface area contributed by atoms with Gasteiger partial charge in [-0.2, -0.15) is 0 Å². The molecule has 94 valence electrons. The molecule has 1 aromatic rings. The second kappa shape index (κ2) is 7.29. The Bertz CT molecular complexity index is 377. The highest BCUT2D eigenvalue weighted by Crippen LogP contribution is 2.18. The summed E-state index contributed by atoms with van der Waals surface area (Å²) in [6.07, 6.45) is -0.912. The number of nitrogens with one attached hydrogen (secondary N) is 1. The standard InChI is InChI=1S/C10H11BrF2N2O2/c11-10-7(2-1-4-14-10)15-9(16)3-5-17-6-8(12)13/h1-2,4,8H,3,5-6H2,(H,15,16). The lowest BCUT2D eigenvalue weighted by atomic mass is 10.3. The van der Waals surface area contributed by atoms with Crippen LogP contribution in [-0.4, -0.2) is 30.5 Å². The normalized spacial score (nSPS) is 10.6. The first-order valence-corrected chi connectivity index (χ1v) is 5.65. The van der Waals surface area contributed by atoms with Gasteiger partial charge in [0.05, 0.1) is 18.7 Å². The molecule has 0 radical (unpaired) electrons. The summed E-state index contributed by atoms with van der Waals surface area (Å²) in [7, 11) is 0. The quantitative estimate of drug-likeness (QED) is 0.649. The van der Waals surface area contributed by atoms with E-state index in [1.807, 2.05) is 0 Å². The van der Waals surface area contributed by atoms with Crippen LogP contribution in [-0.2, 0) is 9.53 Å². The Kier molecular flexibility index (Phi) is 5.99. The molecule has 1 rings (SSSR count). The van der Waals surface area contributed by atoms with Gasteiger partial charge in [0.25, 0.3) is 6.43 Å². The predicted octanol–water partition coefficient (Wildman–Crippen LogP) is 2.45. The van der Waals surface area contributed by atoms with Gasteiger partial charge in [-0.25, -0.2) is 13.8 Å². The highest BCUT2D eigenvalue weighted by atomic mass is 79.9. The molecule has 0 aromatic carbocycles. The van der Waals surface area contributed by atoms with Gasteiger partial charge in [0.2, 0.25) is 5.91 Å². The van der Waals surface area contributed by atoms with Crippen molar-refractivity contribution >= 4 is 27.5 Å². The summed E-state index contributed by atoms with van der Waals surface area (Å²) in [5.41, 5.74) is 0.534. The van der Waals surface area contributed by atoms with Crippen LogP contribution < -0.4 is 5.32 Å². The molecule has 1 amide bonds. The van der Waals surface area contributed by atoms with E-state index in [-0.39, 0.29) is 18.9 Å². The fourth-order valence-corrected chi connectivity index (χ4v) is 1.38. The Morgan fingerprint density at radius 1 is 1.59 bits per heavy atom. The molecule has 7 heteroatoms. The highest BCUT2D eigenvalue weighted by Gasteiger charge is 2.07. The number of carbonyl (C=O) groups is 1. The molecule has 0 atom stereocenters. The number of amides is 1. The summed E-state index contributed by atoms with van der Waals surface area (Å²) in [4.78, 5) is 15.3. The van der Waals surface area contributed by atoms with Crippen LogP contribution in [0.2, 0.25) is 0 Å². The van der Waals surface area contributed by atoms with Crippen molar-refractivity contribution in [3.8, 4) is 0 Å². The number of ether oxygens (including phenoxy) is 1. The van der Waals surface area contributed by atoms with Crippen molar-refractivity contribution < 1.29 is 18.3 Å². The first kappa shape index (κ1) is 14.0. The van der Waals surface area contributed by atoms with Gasteiger partial charge in [0.15, 0.2) is 0 Å². The monoisotopic (exact) mass is 308 g/mol. The third-order valence-electron chi connectivity index (χ3n) is 1.75. The van der Waals surface area contributed by atoms with Crippen LogP contribution in [0.5, 0.6) is 0 Å². The van der Waals surface area contributed by atoms with Gasteiger partial charge in [-0.3, -0.25) is 4.79 Å². The number of aromatic nitrogens is 1. The molecule has 1 aromatic heterocycles. The summed E-state index contributed by atoms with van der Waals surface area (Å²) in [5, 5.41) is 2.58. The van der Waals surface area contributed by atoms with Gasteiger partial charge in [-0.1, -0.05) is 0 Å². The lowest BCUT2D eigenvalue weighted by Gasteiger charge is -2.06. The summed E-state index contributed by atoms with van der Waals surface area (Å²) in [5.74, 6) is -0.312. The highest BCUT2D eigenvalue weighted by molar-refractivity contribution is 9.10. The number of pyridine rings is 1. The third-order valence-corrected chi connectivity index (χ3v) is 2.38. The van der Waals surface area contributed by atoms with Crippen LogP contribution in [0, 0.1) is 0 Å². The van der Waals surface area contributed by atoms with Crippen molar-refractivity contribution in [2.75, 3.05) is 18.5 Å². The molecule has 4 nitrogen and oxygen atoms in total. The van der Waals surface area contributed by atoms with Crippen LogP contribution in [0.15, 0.2) is 22.9 Å². The van der Waals surface area contributed by atoms with Crippen molar-refractivity contribution in [1.29, 1.82) is 0 Å². The molecule has 1 N–H and O–H groups in total. The minimum atomic E-state index is -2.51. The Balaban J connectivity index is 2.28. The molecule has 1 heterocycles. The molecule has 0 aliphatic rings. The molecule has 0 aliphatic heterocycles. The Morgan fingerprint density at radius 2 is 2.35 bits per heavy atom. The van der Waals surface area contributed by atoms with Gasteiger partial charge >= 0.3 is 0 Å². The van der Waals surface area contributed by atoms with Crippen LogP contribution in [0.1, 0.15) is 6.42 Å². The number of hydrogen-bond acceptors (Lipinski definition) is 3. The third kappa shape index (κ3) is 5.69. The van der Waals surface area contributed by atoms with Gasteiger partial charge in [0.1, 0.15) is 11.2 Å². The van der Waals surface area contributed by atoms with E-state index < -0.39 is 13.0 Å². The van der Waals surface area contributed by atoms with E-state index in [1.165, 1.54) is 0 Å². The molecular weight excluding hydrogens is 298 g/mol. The number of rotatable bonds is 6. The van der Waals surface area contributed by atoms with Crippen molar-refractivity contribution in [1.82, 2.24) is 4.98 Å². The van der Waals surface area contributed by atoms with E-state index in [4.69, 9.17) is 0 Å². The molecule has 17 heavy (non-hydrogen) atoms. The van der Waals surface area contributed by atoms with E-state index in [1.54, 1.807) is 18.3 Å². The predicted molar refractivity (Wildman–Crippen MR) is 62.0 cm³/mol. The topological polar surface area (TPSA) is 51.2 Å². The van der Waals surface area contributed by atoms with Crippen molar-refractivity contribution in [3.05, 3.63) is 22.9 Å². The fourth-order valence-electron chi connectivity index (χ4n) is 1.03. The van der Waals surface area contributed by atoms with Crippen LogP contribution in [0.3, 0.4) is 0 Å². The average molecular weight is 309 g/mol. The van der Waals surface area contributed by atoms with Gasteiger partial charge in [-0.05, 0) is 28.1 Å². The fraction of sp³-hybridized carbons (Fsp3) is 0.400. The SMILES string of the molecule is O=C(CCOCC(F)F)Nc1cccnc1Br. The van der Waals surface area contributed by atoms with Gasteiger partial charge < -0.3 is 10.1 Å². The van der Waals surface area contributed by atoms with Crippen molar-refractivity contribution in [3.63, 3.8) is 0 Å². The Hall–Kier alpha value is -1.08. The second-order valence-electron chi connectivity index (χ2n) is 3.11. The lowest BCUT2D eigenvalue weighted by molar-refractivity contribution is -0.117. The van der Waals surface area contributed by atoms with Crippen LogP contribution in [0.25, 0.3) is 0 Å². The van der Waals surface area contributed by atoms with E-state index in [9.17, 15) is 13.6 Å². The zero-order chi connectivity index (χ0) is 12.7. The van der Waals surface area contributed by atoms with Crippen molar-refractivity contribution in [2.45, 2.75) is 12.8 Å². The average Bonchev–Trinajstić information content (AvgIpc) is 2.27. The molecule has 0 bridgehead atoms. The molecule has 0 spiro atoms. The molecule has 0 saturated carbocycles. The summed E-state index contributed by atoms with van der Waals surface area (Å²) in [6.45, 7) is -0.683. The Labute approximate surface area is 105 Å². The number of halogens is 3. The van der Waals surface area contributed by atoms with Gasteiger partial charge in [0, 0.05) is 6.20 Å². The maximum absolute atomic E-state index is 11.7. The number of alkyl halides is 2. The van der Waals surface area contributed by atoms with Crippen LogP contribution in [0.4, 0.5) is 14.5 Å². The number of anilines is 1.